The minimum atomic E-state index is -1.07. The molecule has 5 rings (SSSR count). The summed E-state index contributed by atoms with van der Waals surface area (Å²) in [7, 11) is 0. The predicted octanol–water partition coefficient (Wildman–Crippen LogP) is 5.12. The van der Waals surface area contributed by atoms with Crippen molar-refractivity contribution in [3.05, 3.63) is 94.9 Å². The molecule has 34 heavy (non-hydrogen) atoms. The zero-order chi connectivity index (χ0) is 23.9. The number of aromatic nitrogens is 2. The summed E-state index contributed by atoms with van der Waals surface area (Å²) in [6.07, 6.45) is 1.77. The molecule has 2 heterocycles. The number of aliphatic carboxylic acids is 1. The molecule has 7 nitrogen and oxygen atoms in total. The van der Waals surface area contributed by atoms with Crippen molar-refractivity contribution in [3.8, 4) is 22.5 Å². The van der Waals surface area contributed by atoms with Gasteiger partial charge in [-0.3, -0.25) is 4.79 Å². The molecule has 0 atom stereocenters. The molecule has 1 aliphatic carbocycles. The lowest BCUT2D eigenvalue weighted by Crippen LogP contribution is -2.19. The van der Waals surface area contributed by atoms with E-state index in [-0.39, 0.29) is 5.69 Å². The Morgan fingerprint density at radius 2 is 1.53 bits per heavy atom. The van der Waals surface area contributed by atoms with Crippen LogP contribution in [0.1, 0.15) is 45.8 Å². The van der Waals surface area contributed by atoms with E-state index in [0.717, 1.165) is 33.5 Å². The second-order valence-corrected chi connectivity index (χ2v) is 8.61. The number of aromatic carboxylic acids is 1. The first-order valence-corrected chi connectivity index (χ1v) is 11.0. The quantitative estimate of drug-likeness (QED) is 0.398. The Bertz CT molecular complexity index is 1380. The number of benzene rings is 2. The van der Waals surface area contributed by atoms with Gasteiger partial charge in [-0.2, -0.15) is 0 Å². The van der Waals surface area contributed by atoms with Gasteiger partial charge in [-0.05, 0) is 48.6 Å². The monoisotopic (exact) mass is 454 g/mol. The number of carboxylic acids is 2. The third-order valence-corrected chi connectivity index (χ3v) is 6.45. The van der Waals surface area contributed by atoms with Gasteiger partial charge < -0.3 is 14.7 Å². The van der Waals surface area contributed by atoms with Crippen LogP contribution in [0.2, 0.25) is 0 Å². The molecule has 4 aromatic rings. The fraction of sp³-hybridized carbons (Fsp3) is 0.185. The van der Waals surface area contributed by atoms with Crippen molar-refractivity contribution in [2.24, 2.45) is 0 Å². The fourth-order valence-corrected chi connectivity index (χ4v) is 4.25. The molecule has 0 spiro atoms. The van der Waals surface area contributed by atoms with Gasteiger partial charge in [-0.15, -0.1) is 0 Å². The molecule has 2 N–H and O–H groups in total. The van der Waals surface area contributed by atoms with Crippen LogP contribution in [-0.4, -0.2) is 32.3 Å². The van der Waals surface area contributed by atoms with Crippen LogP contribution in [0.3, 0.4) is 0 Å². The topological polar surface area (TPSA) is 114 Å². The van der Waals surface area contributed by atoms with Gasteiger partial charge in [-0.1, -0.05) is 59.8 Å². The van der Waals surface area contributed by atoms with Gasteiger partial charge in [0.1, 0.15) is 5.69 Å². The van der Waals surface area contributed by atoms with Gasteiger partial charge in [0.05, 0.1) is 11.1 Å². The van der Waals surface area contributed by atoms with Crippen LogP contribution in [-0.2, 0) is 16.6 Å². The summed E-state index contributed by atoms with van der Waals surface area (Å²) in [5.41, 5.74) is 5.21. The lowest BCUT2D eigenvalue weighted by Gasteiger charge is -2.11. The molecule has 0 radical (unpaired) electrons. The molecule has 2 aromatic heterocycles. The van der Waals surface area contributed by atoms with Gasteiger partial charge in [0.2, 0.25) is 0 Å². The van der Waals surface area contributed by atoms with Crippen LogP contribution in [0.5, 0.6) is 0 Å². The lowest BCUT2D eigenvalue weighted by atomic mass is 9.93. The van der Waals surface area contributed by atoms with Crippen LogP contribution in [0.25, 0.3) is 22.5 Å². The number of hydrogen-bond acceptors (Lipinski definition) is 5. The molecule has 0 aliphatic heterocycles. The van der Waals surface area contributed by atoms with Crippen LogP contribution in [0, 0.1) is 6.92 Å². The number of nitrogens with zero attached hydrogens (tertiary/aromatic N) is 2. The van der Waals surface area contributed by atoms with Crippen molar-refractivity contribution in [2.75, 3.05) is 0 Å². The lowest BCUT2D eigenvalue weighted by molar-refractivity contribution is -0.140. The van der Waals surface area contributed by atoms with Crippen LogP contribution in [0.15, 0.2) is 71.3 Å². The van der Waals surface area contributed by atoms with E-state index in [0.29, 0.717) is 30.7 Å². The Morgan fingerprint density at radius 3 is 2.12 bits per heavy atom. The number of aryl methyl sites for hydroxylation is 1. The van der Waals surface area contributed by atoms with Crippen molar-refractivity contribution in [3.63, 3.8) is 0 Å². The summed E-state index contributed by atoms with van der Waals surface area (Å²) in [5.74, 6) is -1.20. The van der Waals surface area contributed by atoms with E-state index < -0.39 is 17.4 Å². The molecule has 7 heteroatoms. The SMILES string of the molecule is Cc1noc(-c2ccc(-c3ccc(C4(C(=O)O)CC4)cc3)cc2)c1Cc1cccc(C(=O)O)n1. The van der Waals surface area contributed by atoms with E-state index in [9.17, 15) is 19.8 Å². The minimum absolute atomic E-state index is 0.000473. The van der Waals surface area contributed by atoms with Crippen LogP contribution in [0.4, 0.5) is 0 Å². The highest BCUT2D eigenvalue weighted by atomic mass is 16.5. The van der Waals surface area contributed by atoms with Gasteiger partial charge in [-0.25, -0.2) is 9.78 Å². The third kappa shape index (κ3) is 3.85. The fourth-order valence-electron chi connectivity index (χ4n) is 4.25. The second kappa shape index (κ2) is 8.26. The number of hydrogen-bond donors (Lipinski definition) is 2. The smallest absolute Gasteiger partial charge is 0.354 e. The maximum Gasteiger partial charge on any atom is 0.354 e. The van der Waals surface area contributed by atoms with Gasteiger partial charge in [0.25, 0.3) is 0 Å². The van der Waals surface area contributed by atoms with Gasteiger partial charge >= 0.3 is 11.9 Å². The van der Waals surface area contributed by atoms with E-state index in [1.807, 2.05) is 55.5 Å². The molecule has 0 bridgehead atoms. The number of carboxylic acid groups (broad SMARTS) is 2. The maximum atomic E-state index is 11.6. The Balaban J connectivity index is 1.39. The summed E-state index contributed by atoms with van der Waals surface area (Å²) in [6, 6.07) is 20.5. The first-order chi connectivity index (χ1) is 16.4. The number of rotatable bonds is 7. The van der Waals surface area contributed by atoms with E-state index in [1.165, 1.54) is 6.07 Å². The average Bonchev–Trinajstić information content (AvgIpc) is 3.59. The zero-order valence-electron chi connectivity index (χ0n) is 18.5. The molecular formula is C27H22N2O5. The van der Waals surface area contributed by atoms with Gasteiger partial charge in [0.15, 0.2) is 5.76 Å². The first-order valence-electron chi connectivity index (χ1n) is 11.0. The molecule has 1 saturated carbocycles. The van der Waals surface area contributed by atoms with Gasteiger partial charge in [0, 0.05) is 23.2 Å². The van der Waals surface area contributed by atoms with Crippen molar-refractivity contribution in [1.82, 2.24) is 10.1 Å². The van der Waals surface area contributed by atoms with E-state index in [1.54, 1.807) is 12.1 Å². The Kier molecular flexibility index (Phi) is 5.24. The molecule has 1 aliphatic rings. The van der Waals surface area contributed by atoms with E-state index in [4.69, 9.17) is 4.52 Å². The molecular weight excluding hydrogens is 432 g/mol. The largest absolute Gasteiger partial charge is 0.481 e. The zero-order valence-corrected chi connectivity index (χ0v) is 18.5. The highest BCUT2D eigenvalue weighted by molar-refractivity contribution is 5.85. The summed E-state index contributed by atoms with van der Waals surface area (Å²) >= 11 is 0. The van der Waals surface area contributed by atoms with Crippen LogP contribution >= 0.6 is 0 Å². The Hall–Kier alpha value is -4.26. The molecule has 2 aromatic carbocycles. The van der Waals surface area contributed by atoms with Crippen molar-refractivity contribution in [1.29, 1.82) is 0 Å². The Morgan fingerprint density at radius 1 is 0.912 bits per heavy atom. The molecule has 0 amide bonds. The van der Waals surface area contributed by atoms with Crippen molar-refractivity contribution in [2.45, 2.75) is 31.6 Å². The highest BCUT2D eigenvalue weighted by Crippen LogP contribution is 2.48. The molecule has 170 valence electrons. The highest BCUT2D eigenvalue weighted by Gasteiger charge is 2.51. The van der Waals surface area contributed by atoms with E-state index >= 15 is 0 Å². The van der Waals surface area contributed by atoms with Crippen molar-refractivity contribution < 1.29 is 24.3 Å². The summed E-state index contributed by atoms with van der Waals surface area (Å²) in [5, 5.41) is 22.8. The second-order valence-electron chi connectivity index (χ2n) is 8.61. The third-order valence-electron chi connectivity index (χ3n) is 6.45. The maximum absolute atomic E-state index is 11.6. The molecule has 0 saturated heterocycles. The summed E-state index contributed by atoms with van der Waals surface area (Å²) < 4.78 is 5.61. The van der Waals surface area contributed by atoms with Crippen molar-refractivity contribution >= 4 is 11.9 Å². The first kappa shape index (κ1) is 21.6. The summed E-state index contributed by atoms with van der Waals surface area (Å²) in [4.78, 5) is 27.0. The average molecular weight is 454 g/mol. The standard InChI is InChI=1S/C27H22N2O5/c1-16-22(15-21-3-2-4-23(28-21)25(30)31)24(34-29-16)19-7-5-17(6-8-19)18-9-11-20(12-10-18)27(13-14-27)26(32)33/h2-12H,13-15H2,1H3,(H,30,31)(H,32,33). The number of pyridine rings is 1. The molecule has 1 fully saturated rings. The summed E-state index contributed by atoms with van der Waals surface area (Å²) in [6.45, 7) is 1.85. The number of carbonyl (C=O) groups is 2. The molecule has 0 unspecified atom stereocenters. The van der Waals surface area contributed by atoms with E-state index in [2.05, 4.69) is 10.1 Å². The minimum Gasteiger partial charge on any atom is -0.481 e. The van der Waals surface area contributed by atoms with Crippen LogP contribution < -0.4 is 0 Å². The Labute approximate surface area is 195 Å². The predicted molar refractivity (Wildman–Crippen MR) is 125 cm³/mol. The normalized spacial score (nSPS) is 14.0.